The quantitative estimate of drug-likeness (QED) is 0.306. The van der Waals surface area contributed by atoms with Gasteiger partial charge in [0.1, 0.15) is 16.7 Å². The first-order valence-electron chi connectivity index (χ1n) is 12.7. The normalized spacial score (nSPS) is 19.7. The van der Waals surface area contributed by atoms with Crippen LogP contribution >= 0.6 is 23.1 Å². The summed E-state index contributed by atoms with van der Waals surface area (Å²) in [6.45, 7) is 3.20. The maximum absolute atomic E-state index is 13.8. The molecule has 11 heteroatoms. The van der Waals surface area contributed by atoms with E-state index in [2.05, 4.69) is 5.32 Å². The molecule has 1 aromatic heterocycles. The Balaban J connectivity index is 1.46. The van der Waals surface area contributed by atoms with Gasteiger partial charge in [0.25, 0.3) is 5.91 Å². The van der Waals surface area contributed by atoms with Gasteiger partial charge in [-0.1, -0.05) is 60.7 Å². The van der Waals surface area contributed by atoms with Crippen molar-refractivity contribution >= 4 is 52.0 Å². The molecule has 1 fully saturated rings. The third kappa shape index (κ3) is 5.47. The SMILES string of the molecule is CCOC(=O)NC1=CN2C(=O)C(N(C(C)=O)c3cccs3)[C@H]2SC1C(=O)OC(c1ccccc1)c1ccccc1. The maximum atomic E-state index is 13.8. The fraction of sp³-hybridized carbons (Fsp3) is 0.241. The third-order valence-corrected chi connectivity index (χ3v) is 8.77. The average molecular weight is 578 g/mol. The van der Waals surface area contributed by atoms with Gasteiger partial charge in [-0.05, 0) is 35.6 Å². The largest absolute Gasteiger partial charge is 0.451 e. The summed E-state index contributed by atoms with van der Waals surface area (Å²) in [6.07, 6.45) is -0.00641. The van der Waals surface area contributed by atoms with Crippen molar-refractivity contribution in [2.75, 3.05) is 11.5 Å². The first kappa shape index (κ1) is 27.5. The second kappa shape index (κ2) is 12.0. The van der Waals surface area contributed by atoms with Crippen molar-refractivity contribution in [3.05, 3.63) is 101 Å². The van der Waals surface area contributed by atoms with Crippen LogP contribution in [0.3, 0.4) is 0 Å². The lowest BCUT2D eigenvalue weighted by Crippen LogP contribution is -2.70. The van der Waals surface area contributed by atoms with Gasteiger partial charge >= 0.3 is 12.1 Å². The van der Waals surface area contributed by atoms with E-state index < -0.39 is 34.8 Å². The monoisotopic (exact) mass is 577 g/mol. The molecule has 2 aliphatic heterocycles. The predicted molar refractivity (Wildman–Crippen MR) is 152 cm³/mol. The van der Waals surface area contributed by atoms with E-state index in [1.54, 1.807) is 19.1 Å². The van der Waals surface area contributed by atoms with Crippen molar-refractivity contribution in [1.82, 2.24) is 10.2 Å². The molecule has 0 bridgehead atoms. The van der Waals surface area contributed by atoms with Gasteiger partial charge in [0.2, 0.25) is 5.91 Å². The summed E-state index contributed by atoms with van der Waals surface area (Å²) in [5.74, 6) is -1.20. The van der Waals surface area contributed by atoms with Gasteiger partial charge in [-0.15, -0.1) is 23.1 Å². The first-order chi connectivity index (χ1) is 19.4. The molecule has 206 valence electrons. The molecule has 5 rings (SSSR count). The van der Waals surface area contributed by atoms with Gasteiger partial charge < -0.3 is 14.4 Å². The van der Waals surface area contributed by atoms with Crippen LogP contribution in [0.1, 0.15) is 31.1 Å². The lowest BCUT2D eigenvalue weighted by Gasteiger charge is -2.51. The summed E-state index contributed by atoms with van der Waals surface area (Å²) in [5, 5.41) is 3.52. The number of amides is 3. The lowest BCUT2D eigenvalue weighted by atomic mass is 10.0. The molecule has 2 aromatic carbocycles. The topological polar surface area (TPSA) is 105 Å². The molecule has 2 unspecified atom stereocenters. The molecule has 0 aliphatic carbocycles. The number of anilines is 1. The summed E-state index contributed by atoms with van der Waals surface area (Å²) in [5.41, 5.74) is 1.73. The number of rotatable bonds is 8. The van der Waals surface area contributed by atoms with E-state index in [4.69, 9.17) is 9.47 Å². The van der Waals surface area contributed by atoms with Gasteiger partial charge in [-0.2, -0.15) is 0 Å². The van der Waals surface area contributed by atoms with Crippen LogP contribution in [0.2, 0.25) is 0 Å². The summed E-state index contributed by atoms with van der Waals surface area (Å²) in [4.78, 5) is 54.9. The van der Waals surface area contributed by atoms with Crippen molar-refractivity contribution in [3.8, 4) is 0 Å². The zero-order chi connectivity index (χ0) is 28.2. The minimum Gasteiger partial charge on any atom is -0.451 e. The smallest absolute Gasteiger partial charge is 0.411 e. The summed E-state index contributed by atoms with van der Waals surface area (Å²) >= 11 is 2.50. The number of carbonyl (C=O) groups is 4. The number of thioether (sulfide) groups is 1. The second-order valence-electron chi connectivity index (χ2n) is 9.01. The van der Waals surface area contributed by atoms with Gasteiger partial charge in [-0.25, -0.2) is 4.79 Å². The van der Waals surface area contributed by atoms with Crippen molar-refractivity contribution in [2.45, 2.75) is 36.6 Å². The molecular weight excluding hydrogens is 550 g/mol. The van der Waals surface area contributed by atoms with Crippen LogP contribution in [0.25, 0.3) is 0 Å². The van der Waals surface area contributed by atoms with Crippen LogP contribution in [0.4, 0.5) is 9.80 Å². The fourth-order valence-electron chi connectivity index (χ4n) is 4.64. The maximum Gasteiger partial charge on any atom is 0.411 e. The lowest BCUT2D eigenvalue weighted by molar-refractivity contribution is -0.147. The number of benzene rings is 2. The van der Waals surface area contributed by atoms with E-state index in [1.807, 2.05) is 66.0 Å². The van der Waals surface area contributed by atoms with Gasteiger partial charge in [0.15, 0.2) is 6.10 Å². The van der Waals surface area contributed by atoms with Crippen LogP contribution in [-0.4, -0.2) is 52.0 Å². The van der Waals surface area contributed by atoms with Crippen molar-refractivity contribution in [1.29, 1.82) is 0 Å². The number of ether oxygens (including phenoxy) is 2. The zero-order valence-corrected chi connectivity index (χ0v) is 23.4. The van der Waals surface area contributed by atoms with Crippen LogP contribution in [0.5, 0.6) is 0 Å². The number of carbonyl (C=O) groups excluding carboxylic acids is 4. The number of fused-ring (bicyclic) bond motifs is 1. The first-order valence-corrected chi connectivity index (χ1v) is 14.5. The molecule has 3 aromatic rings. The van der Waals surface area contributed by atoms with E-state index in [0.29, 0.717) is 5.00 Å². The zero-order valence-electron chi connectivity index (χ0n) is 21.8. The number of hydrogen-bond donors (Lipinski definition) is 1. The van der Waals surface area contributed by atoms with E-state index >= 15 is 0 Å². The molecule has 1 N–H and O–H groups in total. The van der Waals surface area contributed by atoms with Crippen LogP contribution in [-0.2, 0) is 23.9 Å². The van der Waals surface area contributed by atoms with E-state index in [0.717, 1.165) is 22.9 Å². The highest BCUT2D eigenvalue weighted by molar-refractivity contribution is 8.01. The Morgan fingerprint density at radius 3 is 2.20 bits per heavy atom. The molecule has 0 saturated carbocycles. The number of nitrogens with one attached hydrogen (secondary N) is 1. The summed E-state index contributed by atoms with van der Waals surface area (Å²) in [6, 6.07) is 21.5. The summed E-state index contributed by atoms with van der Waals surface area (Å²) in [7, 11) is 0. The highest BCUT2D eigenvalue weighted by Crippen LogP contribution is 2.44. The Morgan fingerprint density at radius 2 is 1.65 bits per heavy atom. The number of nitrogens with zero attached hydrogens (tertiary/aromatic N) is 2. The highest BCUT2D eigenvalue weighted by atomic mass is 32.2. The van der Waals surface area contributed by atoms with Crippen LogP contribution < -0.4 is 10.2 Å². The molecule has 0 spiro atoms. The van der Waals surface area contributed by atoms with Crippen molar-refractivity contribution < 1.29 is 28.7 Å². The fourth-order valence-corrected chi connectivity index (χ4v) is 6.84. The van der Waals surface area contributed by atoms with Crippen LogP contribution in [0.15, 0.2) is 90.1 Å². The van der Waals surface area contributed by atoms with Crippen molar-refractivity contribution in [2.24, 2.45) is 0 Å². The Kier molecular flexibility index (Phi) is 8.22. The molecule has 2 aliphatic rings. The molecule has 3 amide bonds. The summed E-state index contributed by atoms with van der Waals surface area (Å²) < 4.78 is 11.1. The van der Waals surface area contributed by atoms with Crippen molar-refractivity contribution in [3.63, 3.8) is 0 Å². The Hall–Kier alpha value is -4.09. The second-order valence-corrected chi connectivity index (χ2v) is 11.2. The van der Waals surface area contributed by atoms with Crippen LogP contribution in [0, 0.1) is 0 Å². The number of β-lactam (4-membered cyclic amide) rings is 1. The Morgan fingerprint density at radius 1 is 1.00 bits per heavy atom. The average Bonchev–Trinajstić information content (AvgIpc) is 3.49. The van der Waals surface area contributed by atoms with Gasteiger partial charge in [-0.3, -0.25) is 24.6 Å². The van der Waals surface area contributed by atoms with Gasteiger partial charge in [0, 0.05) is 13.1 Å². The highest BCUT2D eigenvalue weighted by Gasteiger charge is 2.56. The minimum atomic E-state index is -0.992. The molecular formula is C29H27N3O6S2. The third-order valence-electron chi connectivity index (χ3n) is 6.42. The van der Waals surface area contributed by atoms with E-state index in [9.17, 15) is 19.2 Å². The molecule has 40 heavy (non-hydrogen) atoms. The van der Waals surface area contributed by atoms with Gasteiger partial charge in [0.05, 0.1) is 17.3 Å². The number of alkyl carbamates (subject to hydrolysis) is 1. The molecule has 3 atom stereocenters. The number of thiophene rings is 1. The molecule has 0 radical (unpaired) electrons. The number of hydrogen-bond acceptors (Lipinski definition) is 8. The standard InChI is InChI=1S/C29H27N3O6S2/c1-3-37-29(36)30-21-17-31-26(34)23(32(18(2)33)22-15-10-16-39-22)27(31)40-25(21)28(35)38-24(19-11-6-4-7-12-19)20-13-8-5-9-14-20/h4-17,23-25,27H,3H2,1-2H3,(H,30,36)/t23?,25?,27-/m1/s1. The van der Waals surface area contributed by atoms with E-state index in [-0.39, 0.29) is 24.1 Å². The minimum absolute atomic E-state index is 0.132. The van der Waals surface area contributed by atoms with E-state index in [1.165, 1.54) is 34.3 Å². The Labute approximate surface area is 239 Å². The predicted octanol–water partition coefficient (Wildman–Crippen LogP) is 4.67. The Bertz CT molecular complexity index is 1370. The molecule has 1 saturated heterocycles. The molecule has 9 nitrogen and oxygen atoms in total. The number of esters is 1. The molecule has 3 heterocycles.